The maximum Gasteiger partial charge on any atom is 0.0625 e. The third-order valence-electron chi connectivity index (χ3n) is 2.33. The highest BCUT2D eigenvalue weighted by Crippen LogP contribution is 2.28. The van der Waals surface area contributed by atoms with Crippen LogP contribution in [0.3, 0.4) is 0 Å². The minimum Gasteiger partial charge on any atom is -0.377 e. The van der Waals surface area contributed by atoms with Gasteiger partial charge in [0.25, 0.3) is 0 Å². The molecule has 0 aromatic heterocycles. The molecule has 1 aliphatic heterocycles. The topological polar surface area (TPSA) is 9.23 Å². The second-order valence-corrected chi connectivity index (χ2v) is 4.04. The zero-order valence-corrected chi connectivity index (χ0v) is 8.77. The number of hydrogen-bond acceptors (Lipinski definition) is 1. The SMILES string of the molecule is CCCC1COC1CCCBr. The van der Waals surface area contributed by atoms with E-state index < -0.39 is 0 Å². The highest BCUT2D eigenvalue weighted by molar-refractivity contribution is 9.09. The lowest BCUT2D eigenvalue weighted by Crippen LogP contribution is -2.39. The van der Waals surface area contributed by atoms with Gasteiger partial charge in [-0.25, -0.2) is 0 Å². The van der Waals surface area contributed by atoms with Crippen LogP contribution in [0.1, 0.15) is 32.6 Å². The van der Waals surface area contributed by atoms with Crippen molar-refractivity contribution in [2.75, 3.05) is 11.9 Å². The van der Waals surface area contributed by atoms with Crippen molar-refractivity contribution in [3.63, 3.8) is 0 Å². The predicted molar refractivity (Wildman–Crippen MR) is 51.2 cm³/mol. The molecule has 0 radical (unpaired) electrons. The van der Waals surface area contributed by atoms with E-state index in [4.69, 9.17) is 4.74 Å². The van der Waals surface area contributed by atoms with E-state index in [0.29, 0.717) is 6.10 Å². The summed E-state index contributed by atoms with van der Waals surface area (Å²) in [7, 11) is 0. The van der Waals surface area contributed by atoms with Crippen LogP contribution in [0.5, 0.6) is 0 Å². The van der Waals surface area contributed by atoms with Crippen LogP contribution in [-0.4, -0.2) is 18.0 Å². The Morgan fingerprint density at radius 2 is 2.27 bits per heavy atom. The van der Waals surface area contributed by atoms with Gasteiger partial charge >= 0.3 is 0 Å². The fourth-order valence-electron chi connectivity index (χ4n) is 1.61. The molecule has 0 aliphatic carbocycles. The summed E-state index contributed by atoms with van der Waals surface area (Å²) < 4.78 is 5.48. The van der Waals surface area contributed by atoms with Crippen LogP contribution in [0.2, 0.25) is 0 Å². The van der Waals surface area contributed by atoms with Crippen LogP contribution < -0.4 is 0 Å². The molecule has 0 bridgehead atoms. The van der Waals surface area contributed by atoms with Crippen molar-refractivity contribution in [3.8, 4) is 0 Å². The molecule has 0 amide bonds. The van der Waals surface area contributed by atoms with E-state index in [1.54, 1.807) is 0 Å². The van der Waals surface area contributed by atoms with Gasteiger partial charge in [0.05, 0.1) is 12.7 Å². The van der Waals surface area contributed by atoms with Crippen molar-refractivity contribution in [1.29, 1.82) is 0 Å². The maximum atomic E-state index is 5.48. The van der Waals surface area contributed by atoms with Crippen LogP contribution in [0, 0.1) is 5.92 Å². The molecule has 1 heterocycles. The lowest BCUT2D eigenvalue weighted by molar-refractivity contribution is -0.120. The van der Waals surface area contributed by atoms with Crippen molar-refractivity contribution < 1.29 is 4.74 Å². The molecule has 2 heteroatoms. The van der Waals surface area contributed by atoms with E-state index >= 15 is 0 Å². The molecular formula is C9H17BrO. The minimum atomic E-state index is 0.590. The summed E-state index contributed by atoms with van der Waals surface area (Å²) in [5.41, 5.74) is 0. The Kier molecular flexibility index (Phi) is 4.46. The predicted octanol–water partition coefficient (Wildman–Crippen LogP) is 2.98. The quantitative estimate of drug-likeness (QED) is 0.648. The number of ether oxygens (including phenoxy) is 1. The van der Waals surface area contributed by atoms with E-state index in [2.05, 4.69) is 22.9 Å². The second-order valence-electron chi connectivity index (χ2n) is 3.25. The fourth-order valence-corrected chi connectivity index (χ4v) is 1.93. The zero-order valence-electron chi connectivity index (χ0n) is 7.18. The molecule has 2 atom stereocenters. The van der Waals surface area contributed by atoms with Gasteiger partial charge in [0.15, 0.2) is 0 Å². The lowest BCUT2D eigenvalue weighted by atomic mass is 9.90. The highest BCUT2D eigenvalue weighted by Gasteiger charge is 2.29. The van der Waals surface area contributed by atoms with Crippen molar-refractivity contribution in [2.24, 2.45) is 5.92 Å². The number of hydrogen-bond donors (Lipinski definition) is 0. The fraction of sp³-hybridized carbons (Fsp3) is 1.00. The molecule has 1 aliphatic rings. The van der Waals surface area contributed by atoms with Crippen LogP contribution in [0.4, 0.5) is 0 Å². The smallest absolute Gasteiger partial charge is 0.0625 e. The van der Waals surface area contributed by atoms with Gasteiger partial charge in [-0.05, 0) is 19.3 Å². The third-order valence-corrected chi connectivity index (χ3v) is 2.89. The second kappa shape index (κ2) is 5.15. The first-order valence-corrected chi connectivity index (χ1v) is 5.68. The number of rotatable bonds is 5. The molecule has 11 heavy (non-hydrogen) atoms. The zero-order chi connectivity index (χ0) is 8.10. The first-order chi connectivity index (χ1) is 5.38. The Morgan fingerprint density at radius 1 is 1.45 bits per heavy atom. The van der Waals surface area contributed by atoms with Crippen LogP contribution in [0.25, 0.3) is 0 Å². The average Bonchev–Trinajstić information content (AvgIpc) is 1.99. The molecule has 0 N–H and O–H groups in total. The molecule has 1 rings (SSSR count). The number of alkyl halides is 1. The van der Waals surface area contributed by atoms with Crippen LogP contribution in [0.15, 0.2) is 0 Å². The third kappa shape index (κ3) is 2.75. The molecule has 1 nitrogen and oxygen atoms in total. The van der Waals surface area contributed by atoms with Gasteiger partial charge < -0.3 is 4.74 Å². The summed E-state index contributed by atoms with van der Waals surface area (Å²) in [6.07, 6.45) is 5.75. The first kappa shape index (κ1) is 9.53. The Labute approximate surface area is 77.6 Å². The highest BCUT2D eigenvalue weighted by atomic mass is 79.9. The molecule has 0 saturated carbocycles. The van der Waals surface area contributed by atoms with Gasteiger partial charge in [-0.1, -0.05) is 29.3 Å². The van der Waals surface area contributed by atoms with E-state index in [0.717, 1.165) is 17.9 Å². The van der Waals surface area contributed by atoms with Crippen molar-refractivity contribution in [3.05, 3.63) is 0 Å². The molecule has 2 unspecified atom stereocenters. The summed E-state index contributed by atoms with van der Waals surface area (Å²) in [6, 6.07) is 0. The minimum absolute atomic E-state index is 0.590. The van der Waals surface area contributed by atoms with Gasteiger partial charge in [0.1, 0.15) is 0 Å². The van der Waals surface area contributed by atoms with E-state index in [-0.39, 0.29) is 0 Å². The Balaban J connectivity index is 2.05. The molecular weight excluding hydrogens is 204 g/mol. The Morgan fingerprint density at radius 3 is 2.73 bits per heavy atom. The maximum absolute atomic E-state index is 5.48. The van der Waals surface area contributed by atoms with Crippen molar-refractivity contribution in [2.45, 2.75) is 38.7 Å². The molecule has 66 valence electrons. The molecule has 0 spiro atoms. The van der Waals surface area contributed by atoms with E-state index in [1.807, 2.05) is 0 Å². The van der Waals surface area contributed by atoms with E-state index in [1.165, 1.54) is 25.7 Å². The molecule has 1 fully saturated rings. The van der Waals surface area contributed by atoms with E-state index in [9.17, 15) is 0 Å². The monoisotopic (exact) mass is 220 g/mol. The molecule has 0 aromatic carbocycles. The van der Waals surface area contributed by atoms with Gasteiger partial charge in [-0.2, -0.15) is 0 Å². The lowest BCUT2D eigenvalue weighted by Gasteiger charge is -2.36. The number of halogens is 1. The Hall–Kier alpha value is 0.440. The van der Waals surface area contributed by atoms with Gasteiger partial charge in [-0.3, -0.25) is 0 Å². The van der Waals surface area contributed by atoms with Crippen LogP contribution >= 0.6 is 15.9 Å². The summed E-state index contributed by atoms with van der Waals surface area (Å²) in [5.74, 6) is 0.874. The first-order valence-electron chi connectivity index (χ1n) is 4.56. The standard InChI is InChI=1S/C9H17BrO/c1-2-4-8-7-11-9(8)5-3-6-10/h8-9H,2-7H2,1H3. The molecule has 1 saturated heterocycles. The normalized spacial score (nSPS) is 30.0. The van der Waals surface area contributed by atoms with Gasteiger partial charge in [0, 0.05) is 11.2 Å². The summed E-state index contributed by atoms with van der Waals surface area (Å²) in [5, 5.41) is 1.12. The van der Waals surface area contributed by atoms with Gasteiger partial charge in [0.2, 0.25) is 0 Å². The average molecular weight is 221 g/mol. The molecule has 0 aromatic rings. The summed E-state index contributed by atoms with van der Waals surface area (Å²) >= 11 is 3.43. The summed E-state index contributed by atoms with van der Waals surface area (Å²) in [4.78, 5) is 0. The summed E-state index contributed by atoms with van der Waals surface area (Å²) in [6.45, 7) is 3.26. The largest absolute Gasteiger partial charge is 0.377 e. The van der Waals surface area contributed by atoms with Crippen molar-refractivity contribution in [1.82, 2.24) is 0 Å². The van der Waals surface area contributed by atoms with Crippen LogP contribution in [-0.2, 0) is 4.74 Å². The van der Waals surface area contributed by atoms with Gasteiger partial charge in [-0.15, -0.1) is 0 Å². The van der Waals surface area contributed by atoms with Crippen molar-refractivity contribution >= 4 is 15.9 Å². The Bertz CT molecular complexity index is 106.